The summed E-state index contributed by atoms with van der Waals surface area (Å²) in [6.07, 6.45) is -0.0451. The summed E-state index contributed by atoms with van der Waals surface area (Å²) < 4.78 is 44.3. The third-order valence-corrected chi connectivity index (χ3v) is 13.1. The van der Waals surface area contributed by atoms with Crippen LogP contribution in [0.15, 0.2) is 47.5 Å². The Bertz CT molecular complexity index is 2520. The number of aliphatic imine (C=N–C) groups is 1. The van der Waals surface area contributed by atoms with Crippen LogP contribution in [0.1, 0.15) is 68.5 Å². The van der Waals surface area contributed by atoms with Gasteiger partial charge in [0.1, 0.15) is 34.5 Å². The molecule has 4 heterocycles. The van der Waals surface area contributed by atoms with Gasteiger partial charge in [0.15, 0.2) is 6.61 Å². The van der Waals surface area contributed by atoms with Gasteiger partial charge in [0.2, 0.25) is 17.7 Å². The van der Waals surface area contributed by atoms with Crippen molar-refractivity contribution in [2.24, 2.45) is 4.99 Å². The van der Waals surface area contributed by atoms with Crippen LogP contribution < -0.4 is 25.6 Å². The van der Waals surface area contributed by atoms with Crippen LogP contribution in [0.3, 0.4) is 0 Å². The lowest BCUT2D eigenvalue weighted by atomic mass is 9.99. The van der Waals surface area contributed by atoms with E-state index in [4.69, 9.17) is 65.3 Å². The number of carbonyl (C=O) groups is 6. The van der Waals surface area contributed by atoms with Crippen molar-refractivity contribution >= 4 is 80.8 Å². The minimum absolute atomic E-state index is 0.00116. The molecular formula is C50H63ClN8O14S. The van der Waals surface area contributed by atoms with Gasteiger partial charge in [-0.2, -0.15) is 0 Å². The Morgan fingerprint density at radius 2 is 1.30 bits per heavy atom. The van der Waals surface area contributed by atoms with E-state index in [-0.39, 0.29) is 80.0 Å². The number of anilines is 1. The highest BCUT2D eigenvalue weighted by Crippen LogP contribution is 2.40. The van der Waals surface area contributed by atoms with E-state index in [0.29, 0.717) is 90.0 Å². The highest BCUT2D eigenvalue weighted by Gasteiger charge is 2.46. The minimum atomic E-state index is -1.11. The lowest BCUT2D eigenvalue weighted by Gasteiger charge is -2.27. The van der Waals surface area contributed by atoms with Gasteiger partial charge >= 0.3 is 0 Å². The number of hydrogen-bond acceptors (Lipinski definition) is 18. The molecule has 6 rings (SSSR count). The van der Waals surface area contributed by atoms with E-state index in [1.54, 1.807) is 24.0 Å². The smallest absolute Gasteiger partial charge is 0.266 e. The number of nitrogens with one attached hydrogen (secondary N) is 5. The van der Waals surface area contributed by atoms with Crippen molar-refractivity contribution in [3.63, 3.8) is 0 Å². The molecule has 22 nitrogen and oxygen atoms in total. The molecule has 24 heteroatoms. The summed E-state index contributed by atoms with van der Waals surface area (Å²) in [5.74, 6) is -3.07. The largest absolute Gasteiger partial charge is 0.483 e. The molecule has 1 saturated heterocycles. The number of thiophene rings is 1. The maximum absolute atomic E-state index is 13.2. The van der Waals surface area contributed by atoms with E-state index in [0.717, 1.165) is 31.5 Å². The first kappa shape index (κ1) is 57.3. The highest BCUT2D eigenvalue weighted by molar-refractivity contribution is 7.17. The lowest BCUT2D eigenvalue weighted by molar-refractivity contribution is -0.136. The number of rotatable bonds is 31. The van der Waals surface area contributed by atoms with Crippen LogP contribution in [0.5, 0.6) is 5.75 Å². The van der Waals surface area contributed by atoms with E-state index < -0.39 is 48.2 Å². The van der Waals surface area contributed by atoms with E-state index in [2.05, 4.69) is 16.0 Å². The summed E-state index contributed by atoms with van der Waals surface area (Å²) in [5, 5.41) is 26.6. The fourth-order valence-electron chi connectivity index (χ4n) is 7.88. The Morgan fingerprint density at radius 3 is 1.84 bits per heavy atom. The molecule has 3 aromatic rings. The molecule has 0 aliphatic carbocycles. The van der Waals surface area contributed by atoms with Crippen LogP contribution in [0.2, 0.25) is 5.02 Å². The minimum Gasteiger partial charge on any atom is -0.483 e. The Balaban J connectivity index is 0.700. The summed E-state index contributed by atoms with van der Waals surface area (Å²) in [6, 6.07) is 9.80. The van der Waals surface area contributed by atoms with Gasteiger partial charge in [-0.05, 0) is 57.0 Å². The van der Waals surface area contributed by atoms with E-state index >= 15 is 0 Å². The molecule has 1 aromatic heterocycles. The number of imide groups is 2. The molecule has 6 amide bonds. The third kappa shape index (κ3) is 16.0. The van der Waals surface area contributed by atoms with Crippen molar-refractivity contribution in [1.29, 1.82) is 10.8 Å². The second kappa shape index (κ2) is 29.2. The average molecular weight is 1070 g/mol. The van der Waals surface area contributed by atoms with Crippen LogP contribution in [-0.4, -0.2) is 182 Å². The zero-order chi connectivity index (χ0) is 53.0. The first-order valence-corrected chi connectivity index (χ1v) is 25.4. The summed E-state index contributed by atoms with van der Waals surface area (Å²) in [5.41, 5.74) is 3.35. The predicted octanol–water partition coefficient (Wildman–Crippen LogP) is 3.24. The molecule has 0 bridgehead atoms. The molecule has 1 fully saturated rings. The molecule has 2 atom stereocenters. The molecule has 0 radical (unpaired) electrons. The molecule has 5 N–H and O–H groups in total. The van der Waals surface area contributed by atoms with E-state index in [9.17, 15) is 28.8 Å². The highest BCUT2D eigenvalue weighted by atomic mass is 35.5. The topological polar surface area (TPSA) is 279 Å². The van der Waals surface area contributed by atoms with Gasteiger partial charge < -0.3 is 48.5 Å². The number of ether oxygens (including phenoxy) is 8. The molecule has 0 spiro atoms. The molecule has 74 heavy (non-hydrogen) atoms. The Hall–Kier alpha value is -6.02. The number of nitrogens with zero attached hydrogens (tertiary/aromatic N) is 3. The maximum atomic E-state index is 13.2. The fourth-order valence-corrected chi connectivity index (χ4v) is 9.23. The summed E-state index contributed by atoms with van der Waals surface area (Å²) in [4.78, 5) is 83.9. The van der Waals surface area contributed by atoms with Crippen molar-refractivity contribution in [2.75, 3.05) is 117 Å². The number of aryl methyl sites for hydroxylation is 1. The van der Waals surface area contributed by atoms with Gasteiger partial charge in [0.25, 0.3) is 17.7 Å². The quantitative estimate of drug-likeness (QED) is 0.0268. The first-order chi connectivity index (χ1) is 35.8. The number of benzene rings is 2. The standard InChI is InChI=1S/C50H63ClN8O14S/c1-31-32(2)74-50-43(31)45(34-7-9-35(51)10-8-34)56-37(46(53)58(50)33(3)52)29-41(61)54-13-15-66-17-19-68-21-23-70-25-27-72-28-26-71-24-22-69-20-18-67-16-14-55-42(62)30-73-39-6-4-5-36-44(39)49(65)59(48(36)64)38-11-12-40(60)57-47(38)63/h4-10,37-38,52-53H,11-30H2,1-3H3,(H,54,61)(H,55,62)(H,57,60,63)/t37-,38?/m0/s1. The van der Waals surface area contributed by atoms with Gasteiger partial charge in [-0.15, -0.1) is 11.3 Å². The maximum Gasteiger partial charge on any atom is 0.266 e. The molecule has 1 unspecified atom stereocenters. The molecule has 0 saturated carbocycles. The van der Waals surface area contributed by atoms with Gasteiger partial charge in [-0.3, -0.25) is 59.7 Å². The Labute approximate surface area is 437 Å². The molecule has 3 aliphatic heterocycles. The van der Waals surface area contributed by atoms with Crippen molar-refractivity contribution in [3.05, 3.63) is 80.2 Å². The fraction of sp³-hybridized carbons (Fsp3) is 0.500. The van der Waals surface area contributed by atoms with Crippen molar-refractivity contribution < 1.29 is 66.7 Å². The molecule has 3 aliphatic rings. The monoisotopic (exact) mass is 1070 g/mol. The van der Waals surface area contributed by atoms with Gasteiger partial charge in [0, 0.05) is 40.5 Å². The van der Waals surface area contributed by atoms with Crippen LogP contribution in [0.25, 0.3) is 0 Å². The normalized spacial score (nSPS) is 16.4. The van der Waals surface area contributed by atoms with E-state index in [1.165, 1.54) is 29.5 Å². The van der Waals surface area contributed by atoms with Gasteiger partial charge in [-0.25, -0.2) is 0 Å². The van der Waals surface area contributed by atoms with Crippen molar-refractivity contribution in [2.45, 2.75) is 52.1 Å². The van der Waals surface area contributed by atoms with Crippen LogP contribution in [-0.2, 0) is 52.3 Å². The van der Waals surface area contributed by atoms with Crippen molar-refractivity contribution in [3.8, 4) is 5.75 Å². The molecule has 400 valence electrons. The van der Waals surface area contributed by atoms with Crippen LogP contribution in [0, 0.1) is 24.7 Å². The number of hydrogen-bond donors (Lipinski definition) is 5. The SMILES string of the molecule is CC(=N)N1C(=N)[C@H](CC(=O)NCCOCCOCCOCCOCCOCCOCCOCCNC(=O)COc2cccc3c2C(=O)N(C2CCC(=O)NC2=O)C3=O)N=C(c2ccc(Cl)cc2)c2c1sc(C)c2C. The first-order valence-electron chi connectivity index (χ1n) is 24.2. The number of amidine groups is 2. The summed E-state index contributed by atoms with van der Waals surface area (Å²) in [7, 11) is 0. The Kier molecular flexibility index (Phi) is 22.6. The number of carbonyl (C=O) groups excluding carboxylic acids is 6. The predicted molar refractivity (Wildman–Crippen MR) is 273 cm³/mol. The van der Waals surface area contributed by atoms with E-state index in [1.807, 2.05) is 26.0 Å². The summed E-state index contributed by atoms with van der Waals surface area (Å²) >= 11 is 7.68. The number of halogens is 1. The molecule has 2 aromatic carbocycles. The third-order valence-electron chi connectivity index (χ3n) is 11.6. The second-order valence-electron chi connectivity index (χ2n) is 16.9. The summed E-state index contributed by atoms with van der Waals surface area (Å²) in [6.45, 7) is 10.6. The van der Waals surface area contributed by atoms with Crippen molar-refractivity contribution in [1.82, 2.24) is 20.9 Å². The van der Waals surface area contributed by atoms with Gasteiger partial charge in [0.05, 0.1) is 116 Å². The average Bonchev–Trinajstić information content (AvgIpc) is 3.75. The number of fused-ring (bicyclic) bond motifs is 2. The Morgan fingerprint density at radius 1 is 0.757 bits per heavy atom. The number of amides is 6. The van der Waals surface area contributed by atoms with Gasteiger partial charge in [-0.1, -0.05) is 29.8 Å². The molecular weight excluding hydrogens is 1000 g/mol. The number of piperidine rings is 1. The van der Waals surface area contributed by atoms with Crippen LogP contribution in [0.4, 0.5) is 5.00 Å². The zero-order valence-corrected chi connectivity index (χ0v) is 43.3. The lowest BCUT2D eigenvalue weighted by Crippen LogP contribution is -2.54. The zero-order valence-electron chi connectivity index (χ0n) is 41.7. The van der Waals surface area contributed by atoms with Crippen LogP contribution >= 0.6 is 22.9 Å². The second-order valence-corrected chi connectivity index (χ2v) is 18.5.